The Kier molecular flexibility index (Phi) is 3.17. The second kappa shape index (κ2) is 4.83. The van der Waals surface area contributed by atoms with Crippen LogP contribution in [0.2, 0.25) is 5.02 Å². The standard InChI is InChI=1S/C14H9Cl2FN2/c15-8-13-18-10-5-1-2-6-11(10)19(13)12-7-3-4-9(16)14(12)17/h1-7H,8H2. The Morgan fingerprint density at radius 1 is 1.11 bits per heavy atom. The number of hydrogen-bond donors (Lipinski definition) is 0. The van der Waals surface area contributed by atoms with E-state index in [1.807, 2.05) is 24.3 Å². The van der Waals surface area contributed by atoms with Crippen molar-refractivity contribution >= 4 is 34.2 Å². The Bertz CT molecular complexity index is 752. The number of hydrogen-bond acceptors (Lipinski definition) is 1. The summed E-state index contributed by atoms with van der Waals surface area (Å²) in [4.78, 5) is 4.40. The van der Waals surface area contributed by atoms with Crippen LogP contribution in [0.4, 0.5) is 4.39 Å². The molecule has 0 bridgehead atoms. The van der Waals surface area contributed by atoms with Gasteiger partial charge in [0.15, 0.2) is 5.82 Å². The average molecular weight is 295 g/mol. The molecule has 1 aromatic heterocycles. The first-order valence-corrected chi connectivity index (χ1v) is 6.60. The van der Waals surface area contributed by atoms with Crippen LogP contribution in [0.25, 0.3) is 16.7 Å². The Hall–Kier alpha value is -1.58. The second-order valence-corrected chi connectivity index (χ2v) is 4.73. The fourth-order valence-corrected chi connectivity index (χ4v) is 2.45. The maximum Gasteiger partial charge on any atom is 0.165 e. The molecule has 0 atom stereocenters. The maximum absolute atomic E-state index is 14.2. The number of nitrogens with zero attached hydrogens (tertiary/aromatic N) is 2. The van der Waals surface area contributed by atoms with Gasteiger partial charge in [-0.3, -0.25) is 4.57 Å². The molecule has 0 saturated carbocycles. The molecule has 3 rings (SSSR count). The Balaban J connectivity index is 2.38. The van der Waals surface area contributed by atoms with E-state index in [0.717, 1.165) is 11.0 Å². The summed E-state index contributed by atoms with van der Waals surface area (Å²) in [5, 5.41) is 0.0794. The fourth-order valence-electron chi connectivity index (χ4n) is 2.10. The summed E-state index contributed by atoms with van der Waals surface area (Å²) in [5.41, 5.74) is 1.94. The molecule has 0 fully saturated rings. The molecule has 0 radical (unpaired) electrons. The highest BCUT2D eigenvalue weighted by molar-refractivity contribution is 6.30. The normalized spacial score (nSPS) is 11.1. The van der Waals surface area contributed by atoms with Gasteiger partial charge in [0.05, 0.1) is 27.6 Å². The van der Waals surface area contributed by atoms with Crippen molar-refractivity contribution in [2.45, 2.75) is 5.88 Å². The molecule has 0 unspecified atom stereocenters. The van der Waals surface area contributed by atoms with E-state index in [4.69, 9.17) is 23.2 Å². The summed E-state index contributed by atoms with van der Waals surface area (Å²) in [6, 6.07) is 12.4. The highest BCUT2D eigenvalue weighted by Gasteiger charge is 2.15. The van der Waals surface area contributed by atoms with Crippen molar-refractivity contribution in [3.05, 3.63) is 59.1 Å². The van der Waals surface area contributed by atoms with Crippen molar-refractivity contribution < 1.29 is 4.39 Å². The van der Waals surface area contributed by atoms with Crippen molar-refractivity contribution in [1.82, 2.24) is 9.55 Å². The van der Waals surface area contributed by atoms with Crippen LogP contribution >= 0.6 is 23.2 Å². The lowest BCUT2D eigenvalue weighted by molar-refractivity contribution is 0.618. The summed E-state index contributed by atoms with van der Waals surface area (Å²) >= 11 is 11.7. The quantitative estimate of drug-likeness (QED) is 0.634. The van der Waals surface area contributed by atoms with Crippen LogP contribution in [0.3, 0.4) is 0 Å². The first-order chi connectivity index (χ1) is 9.22. The van der Waals surface area contributed by atoms with Gasteiger partial charge in [-0.2, -0.15) is 0 Å². The summed E-state index contributed by atoms with van der Waals surface area (Å²) in [7, 11) is 0. The zero-order valence-corrected chi connectivity index (χ0v) is 11.3. The minimum Gasteiger partial charge on any atom is -0.292 e. The van der Waals surface area contributed by atoms with Gasteiger partial charge in [0.25, 0.3) is 0 Å². The van der Waals surface area contributed by atoms with E-state index in [1.165, 1.54) is 6.07 Å². The molecule has 96 valence electrons. The molecule has 3 aromatic rings. The number of rotatable bonds is 2. The van der Waals surface area contributed by atoms with Gasteiger partial charge in [-0.05, 0) is 24.3 Å². The third-order valence-electron chi connectivity index (χ3n) is 2.92. The topological polar surface area (TPSA) is 17.8 Å². The second-order valence-electron chi connectivity index (χ2n) is 4.06. The molecular formula is C14H9Cl2FN2. The fraction of sp³-hybridized carbons (Fsp3) is 0.0714. The number of alkyl halides is 1. The minimum atomic E-state index is -0.473. The van der Waals surface area contributed by atoms with Gasteiger partial charge in [-0.15, -0.1) is 11.6 Å². The lowest BCUT2D eigenvalue weighted by atomic mass is 10.2. The van der Waals surface area contributed by atoms with Gasteiger partial charge in [0, 0.05) is 0 Å². The van der Waals surface area contributed by atoms with Gasteiger partial charge >= 0.3 is 0 Å². The molecule has 0 N–H and O–H groups in total. The van der Waals surface area contributed by atoms with E-state index in [2.05, 4.69) is 4.98 Å². The molecule has 0 aliphatic rings. The Morgan fingerprint density at radius 2 is 1.89 bits per heavy atom. The van der Waals surface area contributed by atoms with Crippen LogP contribution in [0.15, 0.2) is 42.5 Å². The third-order valence-corrected chi connectivity index (χ3v) is 3.45. The van der Waals surface area contributed by atoms with Crippen molar-refractivity contribution in [3.8, 4) is 5.69 Å². The van der Waals surface area contributed by atoms with Gasteiger partial charge in [-0.1, -0.05) is 29.8 Å². The van der Waals surface area contributed by atoms with Gasteiger partial charge in [0.1, 0.15) is 5.82 Å². The lowest BCUT2D eigenvalue weighted by Crippen LogP contribution is -2.02. The summed E-state index contributed by atoms with van der Waals surface area (Å²) in [5.74, 6) is 0.309. The van der Waals surface area contributed by atoms with Gasteiger partial charge in [-0.25, -0.2) is 9.37 Å². The molecule has 2 nitrogen and oxygen atoms in total. The molecule has 0 aliphatic heterocycles. The van der Waals surface area contributed by atoms with Crippen LogP contribution in [0.1, 0.15) is 5.82 Å². The van der Waals surface area contributed by atoms with Crippen molar-refractivity contribution in [1.29, 1.82) is 0 Å². The van der Waals surface area contributed by atoms with E-state index in [0.29, 0.717) is 11.5 Å². The molecule has 0 spiro atoms. The predicted octanol–water partition coefficient (Wildman–Crippen LogP) is 4.56. The van der Waals surface area contributed by atoms with Crippen LogP contribution in [0, 0.1) is 5.82 Å². The van der Waals surface area contributed by atoms with Gasteiger partial charge < -0.3 is 0 Å². The van der Waals surface area contributed by atoms with Gasteiger partial charge in [0.2, 0.25) is 0 Å². The Labute approximate surface area is 119 Å². The highest BCUT2D eigenvalue weighted by Crippen LogP contribution is 2.27. The van der Waals surface area contributed by atoms with Crippen LogP contribution in [0.5, 0.6) is 0 Å². The first-order valence-electron chi connectivity index (χ1n) is 5.69. The van der Waals surface area contributed by atoms with E-state index in [1.54, 1.807) is 16.7 Å². The van der Waals surface area contributed by atoms with Crippen LogP contribution in [-0.4, -0.2) is 9.55 Å². The highest BCUT2D eigenvalue weighted by atomic mass is 35.5. The third kappa shape index (κ3) is 1.99. The molecular weight excluding hydrogens is 286 g/mol. The number of imidazole rings is 1. The minimum absolute atomic E-state index is 0.0794. The molecule has 19 heavy (non-hydrogen) atoms. The molecule has 0 saturated heterocycles. The smallest absolute Gasteiger partial charge is 0.165 e. The lowest BCUT2D eigenvalue weighted by Gasteiger charge is -2.09. The van der Waals surface area contributed by atoms with E-state index >= 15 is 0 Å². The Morgan fingerprint density at radius 3 is 2.68 bits per heavy atom. The number of aromatic nitrogens is 2. The number of benzene rings is 2. The number of para-hydroxylation sites is 2. The summed E-state index contributed by atoms with van der Waals surface area (Å²) in [6.45, 7) is 0. The zero-order valence-electron chi connectivity index (χ0n) is 9.78. The predicted molar refractivity (Wildman–Crippen MR) is 75.6 cm³/mol. The van der Waals surface area contributed by atoms with Crippen LogP contribution in [-0.2, 0) is 5.88 Å². The van der Waals surface area contributed by atoms with E-state index < -0.39 is 5.82 Å². The molecule has 0 aliphatic carbocycles. The monoisotopic (exact) mass is 294 g/mol. The molecule has 5 heteroatoms. The van der Waals surface area contributed by atoms with Crippen molar-refractivity contribution in [3.63, 3.8) is 0 Å². The van der Waals surface area contributed by atoms with E-state index in [-0.39, 0.29) is 10.9 Å². The first kappa shape index (κ1) is 12.5. The van der Waals surface area contributed by atoms with Crippen molar-refractivity contribution in [2.75, 3.05) is 0 Å². The molecule has 1 heterocycles. The number of fused-ring (bicyclic) bond motifs is 1. The molecule has 0 amide bonds. The van der Waals surface area contributed by atoms with Crippen LogP contribution < -0.4 is 0 Å². The average Bonchev–Trinajstić information content (AvgIpc) is 2.80. The summed E-state index contributed by atoms with van der Waals surface area (Å²) in [6.07, 6.45) is 0. The summed E-state index contributed by atoms with van der Waals surface area (Å²) < 4.78 is 15.9. The van der Waals surface area contributed by atoms with Crippen molar-refractivity contribution in [2.24, 2.45) is 0 Å². The number of halogens is 3. The molecule has 2 aromatic carbocycles. The zero-order chi connectivity index (χ0) is 13.4. The van der Waals surface area contributed by atoms with E-state index in [9.17, 15) is 4.39 Å². The largest absolute Gasteiger partial charge is 0.292 e. The SMILES string of the molecule is Fc1c(Cl)cccc1-n1c(CCl)nc2ccccc21. The maximum atomic E-state index is 14.2.